The Labute approximate surface area is 149 Å². The highest BCUT2D eigenvalue weighted by Gasteiger charge is 2.01. The van der Waals surface area contributed by atoms with Crippen LogP contribution in [0.25, 0.3) is 22.3 Å². The Bertz CT molecular complexity index is 643. The predicted molar refractivity (Wildman–Crippen MR) is 112 cm³/mol. The van der Waals surface area contributed by atoms with E-state index in [1.165, 1.54) is 33.4 Å². The Kier molecular flexibility index (Phi) is 9.42. The van der Waals surface area contributed by atoms with Crippen molar-refractivity contribution in [3.63, 3.8) is 0 Å². The molecule has 0 N–H and O–H groups in total. The third-order valence-electron chi connectivity index (χ3n) is 3.63. The zero-order chi connectivity index (χ0) is 15.9. The monoisotopic (exact) mass is 320 g/mol. The average Bonchev–Trinajstić information content (AvgIpc) is 2.58. The molecule has 3 aromatic carbocycles. The van der Waals surface area contributed by atoms with Crippen molar-refractivity contribution in [3.8, 4) is 22.3 Å². The van der Waals surface area contributed by atoms with E-state index < -0.39 is 0 Å². The quantitative estimate of drug-likeness (QED) is 0.449. The van der Waals surface area contributed by atoms with Crippen LogP contribution in [0.2, 0.25) is 0 Å². The highest BCUT2D eigenvalue weighted by Crippen LogP contribution is 2.26. The van der Waals surface area contributed by atoms with Crippen molar-refractivity contribution in [1.82, 2.24) is 0 Å². The molecule has 0 nitrogen and oxygen atoms in total. The molecule has 3 rings (SSSR count). The van der Waals surface area contributed by atoms with Crippen LogP contribution < -0.4 is 0 Å². The molecule has 0 aliphatic rings. The second-order valence-electron chi connectivity index (χ2n) is 5.31. The number of aryl methyl sites for hydroxylation is 2. The topological polar surface area (TPSA) is 0 Å². The van der Waals surface area contributed by atoms with Gasteiger partial charge in [-0.05, 0) is 42.2 Å². The van der Waals surface area contributed by atoms with Crippen LogP contribution in [0.3, 0.4) is 0 Å². The standard InChI is InChI=1S/C20H18.C2H6.2CH4/c1-15-6-10-17(11-7-15)19-4-3-5-20(14-19)18-12-8-16(2)9-13-18;1-2;;/h3-14H,1-2H3;1-2H3;2*1H4. The molecule has 0 saturated carbocycles. The lowest BCUT2D eigenvalue weighted by Crippen LogP contribution is -1.82. The first kappa shape index (κ1) is 21.7. The van der Waals surface area contributed by atoms with E-state index in [9.17, 15) is 0 Å². The fourth-order valence-electron chi connectivity index (χ4n) is 2.37. The van der Waals surface area contributed by atoms with Crippen molar-refractivity contribution in [2.24, 2.45) is 0 Å². The molecule has 0 heteroatoms. The highest BCUT2D eigenvalue weighted by atomic mass is 14.1. The van der Waals surface area contributed by atoms with E-state index >= 15 is 0 Å². The zero-order valence-electron chi connectivity index (χ0n) is 13.9. The minimum atomic E-state index is 0. The van der Waals surface area contributed by atoms with Gasteiger partial charge in [0.15, 0.2) is 0 Å². The van der Waals surface area contributed by atoms with Gasteiger partial charge in [-0.3, -0.25) is 0 Å². The Morgan fingerprint density at radius 2 is 0.792 bits per heavy atom. The van der Waals surface area contributed by atoms with Gasteiger partial charge >= 0.3 is 0 Å². The summed E-state index contributed by atoms with van der Waals surface area (Å²) in [6.07, 6.45) is 0. The smallest absolute Gasteiger partial charge is 0.0178 e. The summed E-state index contributed by atoms with van der Waals surface area (Å²) >= 11 is 0. The molecule has 0 radical (unpaired) electrons. The van der Waals surface area contributed by atoms with Gasteiger partial charge < -0.3 is 0 Å². The summed E-state index contributed by atoms with van der Waals surface area (Å²) in [6.45, 7) is 8.24. The molecule has 0 aliphatic carbocycles. The second-order valence-corrected chi connectivity index (χ2v) is 5.31. The predicted octanol–water partition coefficient (Wildman–Crippen LogP) is 7.94. The van der Waals surface area contributed by atoms with Crippen LogP contribution in [-0.2, 0) is 0 Å². The van der Waals surface area contributed by atoms with Crippen LogP contribution >= 0.6 is 0 Å². The molecule has 0 saturated heterocycles. The lowest BCUT2D eigenvalue weighted by atomic mass is 9.98. The molecule has 128 valence electrons. The largest absolute Gasteiger partial charge is 0.0776 e. The summed E-state index contributed by atoms with van der Waals surface area (Å²) < 4.78 is 0. The summed E-state index contributed by atoms with van der Waals surface area (Å²) in [5.41, 5.74) is 7.66. The van der Waals surface area contributed by atoms with Crippen LogP contribution in [0.1, 0.15) is 39.8 Å². The summed E-state index contributed by atoms with van der Waals surface area (Å²) in [5.74, 6) is 0. The summed E-state index contributed by atoms with van der Waals surface area (Å²) in [6, 6.07) is 26.1. The maximum Gasteiger partial charge on any atom is -0.0178 e. The van der Waals surface area contributed by atoms with Gasteiger partial charge in [-0.1, -0.05) is 107 Å². The van der Waals surface area contributed by atoms with Gasteiger partial charge in [0.1, 0.15) is 0 Å². The fourth-order valence-corrected chi connectivity index (χ4v) is 2.37. The summed E-state index contributed by atoms with van der Waals surface area (Å²) in [5, 5.41) is 0. The van der Waals surface area contributed by atoms with E-state index in [1.54, 1.807) is 0 Å². The normalized spacial score (nSPS) is 9.00. The Hall–Kier alpha value is -2.34. The molecule has 0 aromatic heterocycles. The third kappa shape index (κ3) is 5.38. The lowest BCUT2D eigenvalue weighted by Gasteiger charge is -2.07. The van der Waals surface area contributed by atoms with Gasteiger partial charge in [-0.2, -0.15) is 0 Å². The number of benzene rings is 3. The number of hydrogen-bond donors (Lipinski definition) is 0. The van der Waals surface area contributed by atoms with Gasteiger partial charge in [0, 0.05) is 0 Å². The van der Waals surface area contributed by atoms with E-state index in [1.807, 2.05) is 13.8 Å². The van der Waals surface area contributed by atoms with Crippen LogP contribution in [0.15, 0.2) is 72.8 Å². The molecule has 24 heavy (non-hydrogen) atoms. The number of hydrogen-bond acceptors (Lipinski definition) is 0. The molecular formula is C24H32. The Morgan fingerprint density at radius 1 is 0.458 bits per heavy atom. The van der Waals surface area contributed by atoms with E-state index in [4.69, 9.17) is 0 Å². The van der Waals surface area contributed by atoms with Crippen LogP contribution in [-0.4, -0.2) is 0 Å². The van der Waals surface area contributed by atoms with E-state index in [0.717, 1.165) is 0 Å². The van der Waals surface area contributed by atoms with Gasteiger partial charge in [-0.25, -0.2) is 0 Å². The maximum absolute atomic E-state index is 2.26. The molecule has 0 spiro atoms. The average molecular weight is 321 g/mol. The Morgan fingerprint density at radius 3 is 1.12 bits per heavy atom. The van der Waals surface area contributed by atoms with Crippen LogP contribution in [0.4, 0.5) is 0 Å². The molecule has 0 aliphatic heterocycles. The SMILES string of the molecule is C.C.CC.Cc1ccc(-c2cccc(-c3ccc(C)cc3)c2)cc1. The Balaban J connectivity index is 0.00000128. The molecular weight excluding hydrogens is 288 g/mol. The van der Waals surface area contributed by atoms with Gasteiger partial charge in [0.2, 0.25) is 0 Å². The summed E-state index contributed by atoms with van der Waals surface area (Å²) in [4.78, 5) is 0. The molecule has 0 fully saturated rings. The van der Waals surface area contributed by atoms with E-state index in [0.29, 0.717) is 0 Å². The van der Waals surface area contributed by atoms with Gasteiger partial charge in [0.05, 0.1) is 0 Å². The van der Waals surface area contributed by atoms with Gasteiger partial charge in [0.25, 0.3) is 0 Å². The molecule has 0 heterocycles. The van der Waals surface area contributed by atoms with Crippen molar-refractivity contribution in [1.29, 1.82) is 0 Å². The highest BCUT2D eigenvalue weighted by molar-refractivity contribution is 5.73. The van der Waals surface area contributed by atoms with Crippen LogP contribution in [0.5, 0.6) is 0 Å². The molecule has 3 aromatic rings. The lowest BCUT2D eigenvalue weighted by molar-refractivity contribution is 1.46. The third-order valence-corrected chi connectivity index (χ3v) is 3.63. The first-order chi connectivity index (χ1) is 10.7. The van der Waals surface area contributed by atoms with Crippen molar-refractivity contribution in [3.05, 3.63) is 83.9 Å². The molecule has 0 bridgehead atoms. The second kappa shape index (κ2) is 10.4. The maximum atomic E-state index is 2.26. The molecule has 0 unspecified atom stereocenters. The molecule has 0 amide bonds. The first-order valence-corrected chi connectivity index (χ1v) is 7.96. The zero-order valence-corrected chi connectivity index (χ0v) is 13.9. The molecule has 0 atom stereocenters. The minimum Gasteiger partial charge on any atom is -0.0776 e. The number of rotatable bonds is 2. The van der Waals surface area contributed by atoms with Crippen molar-refractivity contribution >= 4 is 0 Å². The van der Waals surface area contributed by atoms with Crippen LogP contribution in [0, 0.1) is 13.8 Å². The van der Waals surface area contributed by atoms with Crippen molar-refractivity contribution in [2.45, 2.75) is 42.5 Å². The first-order valence-electron chi connectivity index (χ1n) is 7.96. The van der Waals surface area contributed by atoms with Crippen molar-refractivity contribution in [2.75, 3.05) is 0 Å². The summed E-state index contributed by atoms with van der Waals surface area (Å²) in [7, 11) is 0. The van der Waals surface area contributed by atoms with E-state index in [-0.39, 0.29) is 14.9 Å². The van der Waals surface area contributed by atoms with Crippen molar-refractivity contribution < 1.29 is 0 Å². The minimum absolute atomic E-state index is 0. The fraction of sp³-hybridized carbons (Fsp3) is 0.250. The van der Waals surface area contributed by atoms with E-state index in [2.05, 4.69) is 86.6 Å². The van der Waals surface area contributed by atoms with Gasteiger partial charge in [-0.15, -0.1) is 0 Å².